The van der Waals surface area contributed by atoms with Crippen LogP contribution in [0.25, 0.3) is 0 Å². The number of rotatable bonds is 18. The van der Waals surface area contributed by atoms with Crippen LogP contribution >= 0.6 is 12.6 Å². The van der Waals surface area contributed by atoms with Gasteiger partial charge in [-0.25, -0.2) is 0 Å². The van der Waals surface area contributed by atoms with Gasteiger partial charge >= 0.3 is 0 Å². The molecule has 0 aromatic carbocycles. The molecule has 0 atom stereocenters. The van der Waals surface area contributed by atoms with Crippen molar-refractivity contribution in [3.63, 3.8) is 0 Å². The third-order valence-corrected chi connectivity index (χ3v) is 4.92. The largest absolute Gasteiger partial charge is 0.343 e. The summed E-state index contributed by atoms with van der Waals surface area (Å²) >= 11 is 3.78. The first-order valence-electron chi connectivity index (χ1n) is 10.6. The Labute approximate surface area is 161 Å². The lowest BCUT2D eigenvalue weighted by molar-refractivity contribution is -0.131. The van der Waals surface area contributed by atoms with Crippen LogP contribution in [0.15, 0.2) is 0 Å². The van der Waals surface area contributed by atoms with E-state index in [1.54, 1.807) is 0 Å². The Morgan fingerprint density at radius 3 is 1.52 bits per heavy atom. The smallest absolute Gasteiger partial charge is 0.222 e. The molecule has 0 spiro atoms. The Bertz CT molecular complexity index is 318. The molecule has 3 nitrogen and oxygen atoms in total. The molecule has 1 amide bonds. The zero-order chi connectivity index (χ0) is 18.8. The fraction of sp³-hybridized carbons (Fsp3) is 0.905. The first-order chi connectivity index (χ1) is 12.1. The molecule has 25 heavy (non-hydrogen) atoms. The van der Waals surface area contributed by atoms with Gasteiger partial charge in [0.15, 0.2) is 5.12 Å². The number of unbranched alkanes of at least 4 members (excludes halogenated alkanes) is 10. The van der Waals surface area contributed by atoms with Gasteiger partial charge in [0.25, 0.3) is 0 Å². The number of amides is 1. The van der Waals surface area contributed by atoms with E-state index < -0.39 is 0 Å². The molecule has 0 aliphatic heterocycles. The maximum atomic E-state index is 12.4. The van der Waals surface area contributed by atoms with E-state index in [-0.39, 0.29) is 11.0 Å². The van der Waals surface area contributed by atoms with Crippen LogP contribution in [-0.2, 0) is 9.59 Å². The minimum Gasteiger partial charge on any atom is -0.343 e. The zero-order valence-electron chi connectivity index (χ0n) is 16.7. The Kier molecular flexibility index (Phi) is 17.9. The lowest BCUT2D eigenvalue weighted by Gasteiger charge is -2.23. The van der Waals surface area contributed by atoms with Crippen molar-refractivity contribution in [2.24, 2.45) is 0 Å². The van der Waals surface area contributed by atoms with Gasteiger partial charge in [-0.3, -0.25) is 9.59 Å². The highest BCUT2D eigenvalue weighted by atomic mass is 32.1. The summed E-state index contributed by atoms with van der Waals surface area (Å²) < 4.78 is 0. The van der Waals surface area contributed by atoms with Crippen LogP contribution in [0, 0.1) is 0 Å². The fourth-order valence-corrected chi connectivity index (χ4v) is 3.23. The molecule has 0 aromatic rings. The fourth-order valence-electron chi connectivity index (χ4n) is 3.08. The van der Waals surface area contributed by atoms with Crippen molar-refractivity contribution in [3.8, 4) is 0 Å². The number of nitrogens with zero attached hydrogens (tertiary/aromatic N) is 1. The topological polar surface area (TPSA) is 37.4 Å². The van der Waals surface area contributed by atoms with Gasteiger partial charge in [0.05, 0.1) is 0 Å². The summed E-state index contributed by atoms with van der Waals surface area (Å²) in [5, 5.41) is -0.119. The minimum absolute atomic E-state index is 0.119. The van der Waals surface area contributed by atoms with Crippen molar-refractivity contribution in [1.29, 1.82) is 0 Å². The second-order valence-electron chi connectivity index (χ2n) is 7.16. The summed E-state index contributed by atoms with van der Waals surface area (Å²) in [6, 6.07) is 0. The van der Waals surface area contributed by atoms with Crippen LogP contribution < -0.4 is 0 Å². The van der Waals surface area contributed by atoms with Gasteiger partial charge in [-0.2, -0.15) is 0 Å². The molecular weight excluding hydrogens is 330 g/mol. The molecule has 0 fully saturated rings. The molecule has 0 heterocycles. The molecule has 0 unspecified atom stereocenters. The van der Waals surface area contributed by atoms with Gasteiger partial charge < -0.3 is 4.90 Å². The standard InChI is InChI=1S/C21H41NO2S/c1-3-5-7-9-11-13-18-22(19-14-12-10-8-6-4-2)20(23)16-15-17-21(24)25/h3-19H2,1-2H3,(H,24,25). The third-order valence-electron chi connectivity index (χ3n) is 4.70. The highest BCUT2D eigenvalue weighted by Gasteiger charge is 2.13. The molecule has 0 saturated heterocycles. The molecule has 0 aliphatic carbocycles. The van der Waals surface area contributed by atoms with Gasteiger partial charge in [0.1, 0.15) is 0 Å². The Hall–Kier alpha value is -0.510. The third kappa shape index (κ3) is 16.7. The van der Waals surface area contributed by atoms with Gasteiger partial charge in [0, 0.05) is 25.9 Å². The summed E-state index contributed by atoms with van der Waals surface area (Å²) in [6.07, 6.45) is 16.5. The minimum atomic E-state index is -0.119. The maximum Gasteiger partial charge on any atom is 0.222 e. The number of carbonyl (C=O) groups excluding carboxylic acids is 2. The van der Waals surface area contributed by atoms with Crippen molar-refractivity contribution in [2.45, 2.75) is 110 Å². The normalized spacial score (nSPS) is 10.8. The average molecular weight is 372 g/mol. The van der Waals surface area contributed by atoms with Crippen LogP contribution in [0.4, 0.5) is 0 Å². The Balaban J connectivity index is 4.06. The van der Waals surface area contributed by atoms with Gasteiger partial charge in [-0.1, -0.05) is 78.1 Å². The van der Waals surface area contributed by atoms with E-state index in [1.165, 1.54) is 64.2 Å². The molecule has 0 aromatic heterocycles. The molecule has 0 radical (unpaired) electrons. The van der Waals surface area contributed by atoms with Crippen molar-refractivity contribution in [3.05, 3.63) is 0 Å². The quantitative estimate of drug-likeness (QED) is 0.231. The first kappa shape index (κ1) is 24.5. The summed E-state index contributed by atoms with van der Waals surface area (Å²) in [5.74, 6) is 0.219. The van der Waals surface area contributed by atoms with E-state index >= 15 is 0 Å². The number of thiol groups is 1. The maximum absolute atomic E-state index is 12.4. The number of carbonyl (C=O) groups is 2. The second kappa shape index (κ2) is 18.3. The molecular formula is C21H41NO2S. The lowest BCUT2D eigenvalue weighted by Crippen LogP contribution is -2.32. The molecule has 0 bridgehead atoms. The lowest BCUT2D eigenvalue weighted by atomic mass is 10.1. The molecule has 4 heteroatoms. The van der Waals surface area contributed by atoms with Crippen LogP contribution in [0.3, 0.4) is 0 Å². The van der Waals surface area contributed by atoms with E-state index in [0.717, 1.165) is 25.9 Å². The van der Waals surface area contributed by atoms with E-state index in [9.17, 15) is 9.59 Å². The SMILES string of the molecule is CCCCCCCCN(CCCCCCCC)C(=O)CCCC(=O)S. The molecule has 0 saturated carbocycles. The van der Waals surface area contributed by atoms with Crippen molar-refractivity contribution in [1.82, 2.24) is 4.90 Å². The highest BCUT2D eigenvalue weighted by molar-refractivity contribution is 7.96. The van der Waals surface area contributed by atoms with Crippen molar-refractivity contribution >= 4 is 23.7 Å². The van der Waals surface area contributed by atoms with Gasteiger partial charge in [-0.15, -0.1) is 12.6 Å². The molecule has 0 N–H and O–H groups in total. The monoisotopic (exact) mass is 371 g/mol. The summed E-state index contributed by atoms with van der Waals surface area (Å²) in [7, 11) is 0. The van der Waals surface area contributed by atoms with Crippen LogP contribution in [0.1, 0.15) is 110 Å². The van der Waals surface area contributed by atoms with E-state index in [4.69, 9.17) is 0 Å². The predicted octanol–water partition coefficient (Wildman–Crippen LogP) is 6.16. The van der Waals surface area contributed by atoms with Crippen molar-refractivity contribution < 1.29 is 9.59 Å². The average Bonchev–Trinajstić information content (AvgIpc) is 2.58. The van der Waals surface area contributed by atoms with Crippen molar-refractivity contribution in [2.75, 3.05) is 13.1 Å². The van der Waals surface area contributed by atoms with Crippen LogP contribution in [0.2, 0.25) is 0 Å². The molecule has 148 valence electrons. The predicted molar refractivity (Wildman–Crippen MR) is 111 cm³/mol. The van der Waals surface area contributed by atoms with E-state index in [2.05, 4.69) is 26.5 Å². The summed E-state index contributed by atoms with van der Waals surface area (Å²) in [5.41, 5.74) is 0. The summed E-state index contributed by atoms with van der Waals surface area (Å²) in [6.45, 7) is 6.23. The molecule has 0 aliphatic rings. The Morgan fingerprint density at radius 2 is 1.08 bits per heavy atom. The van der Waals surface area contributed by atoms with Crippen LogP contribution in [0.5, 0.6) is 0 Å². The second-order valence-corrected chi connectivity index (χ2v) is 7.66. The van der Waals surface area contributed by atoms with Gasteiger partial charge in [0.2, 0.25) is 5.91 Å². The Morgan fingerprint density at radius 1 is 0.640 bits per heavy atom. The highest BCUT2D eigenvalue weighted by Crippen LogP contribution is 2.11. The number of hydrogen-bond acceptors (Lipinski definition) is 2. The van der Waals surface area contributed by atoms with Gasteiger partial charge in [-0.05, 0) is 19.3 Å². The number of hydrogen-bond donors (Lipinski definition) is 1. The molecule has 0 rings (SSSR count). The first-order valence-corrected chi connectivity index (χ1v) is 11.1. The van der Waals surface area contributed by atoms with E-state index in [0.29, 0.717) is 19.3 Å². The van der Waals surface area contributed by atoms with E-state index in [1.807, 2.05) is 4.90 Å². The summed E-state index contributed by atoms with van der Waals surface area (Å²) in [4.78, 5) is 25.4. The zero-order valence-corrected chi connectivity index (χ0v) is 17.6. The van der Waals surface area contributed by atoms with Crippen LogP contribution in [-0.4, -0.2) is 29.0 Å².